The molecule has 8 heteroatoms. The van der Waals surface area contributed by atoms with Gasteiger partial charge in [-0.05, 0) is 25.7 Å². The van der Waals surface area contributed by atoms with E-state index in [-0.39, 0.29) is 5.54 Å². The molecule has 0 unspecified atom stereocenters. The summed E-state index contributed by atoms with van der Waals surface area (Å²) in [6.07, 6.45) is 13.2. The van der Waals surface area contributed by atoms with Crippen molar-refractivity contribution in [2.24, 2.45) is 0 Å². The van der Waals surface area contributed by atoms with Crippen LogP contribution in [0.15, 0.2) is 31.0 Å². The lowest BCUT2D eigenvalue weighted by Crippen LogP contribution is -2.48. The molecule has 5 rings (SSSR count). The molecule has 8 nitrogen and oxygen atoms in total. The molecule has 128 valence electrons. The van der Waals surface area contributed by atoms with E-state index in [2.05, 4.69) is 30.0 Å². The van der Waals surface area contributed by atoms with Gasteiger partial charge in [-0.1, -0.05) is 0 Å². The summed E-state index contributed by atoms with van der Waals surface area (Å²) in [7, 11) is 0. The molecule has 3 aromatic heterocycles. The maximum Gasteiger partial charge on any atom is 0.204 e. The predicted molar refractivity (Wildman–Crippen MR) is 91.2 cm³/mol. The Morgan fingerprint density at radius 2 is 1.92 bits per heavy atom. The molecule has 2 fully saturated rings. The molecule has 1 spiro atoms. The SMILES string of the molecule is c1cnc(-c2nnc3c(N4CCCC45CCOCC5)nccn23)cn1. The van der Waals surface area contributed by atoms with E-state index in [1.807, 2.05) is 16.8 Å². The molecule has 2 aliphatic heterocycles. The van der Waals surface area contributed by atoms with E-state index < -0.39 is 0 Å². The molecular weight excluding hydrogens is 318 g/mol. The van der Waals surface area contributed by atoms with E-state index in [4.69, 9.17) is 4.74 Å². The number of hydrogen-bond donors (Lipinski definition) is 0. The van der Waals surface area contributed by atoms with Gasteiger partial charge in [-0.15, -0.1) is 10.2 Å². The van der Waals surface area contributed by atoms with Crippen molar-refractivity contribution in [2.45, 2.75) is 31.2 Å². The Hall–Kier alpha value is -2.61. The summed E-state index contributed by atoms with van der Waals surface area (Å²) < 4.78 is 7.55. The summed E-state index contributed by atoms with van der Waals surface area (Å²) in [5, 5.41) is 8.78. The minimum Gasteiger partial charge on any atom is -0.381 e. The summed E-state index contributed by atoms with van der Waals surface area (Å²) in [5.41, 5.74) is 1.62. The highest BCUT2D eigenvalue weighted by Gasteiger charge is 2.43. The minimum absolute atomic E-state index is 0.145. The largest absolute Gasteiger partial charge is 0.381 e. The van der Waals surface area contributed by atoms with Gasteiger partial charge in [-0.2, -0.15) is 0 Å². The second-order valence-electron chi connectivity index (χ2n) is 6.65. The Kier molecular flexibility index (Phi) is 3.37. The second kappa shape index (κ2) is 5.73. The van der Waals surface area contributed by atoms with Gasteiger partial charge < -0.3 is 9.64 Å². The maximum absolute atomic E-state index is 5.59. The van der Waals surface area contributed by atoms with Crippen LogP contribution in [-0.4, -0.2) is 54.8 Å². The van der Waals surface area contributed by atoms with E-state index in [1.165, 1.54) is 12.8 Å². The zero-order chi connectivity index (χ0) is 16.7. The number of aromatic nitrogens is 6. The predicted octanol–water partition coefficient (Wildman–Crippen LogP) is 1.73. The van der Waals surface area contributed by atoms with Gasteiger partial charge in [0, 0.05) is 50.1 Å². The molecule has 0 saturated carbocycles. The number of nitrogens with zero attached hydrogens (tertiary/aromatic N) is 7. The second-order valence-corrected chi connectivity index (χ2v) is 6.65. The van der Waals surface area contributed by atoms with Crippen molar-refractivity contribution in [3.05, 3.63) is 31.0 Å². The fraction of sp³-hybridized carbons (Fsp3) is 0.471. The Bertz CT molecular complexity index is 888. The molecule has 0 aromatic carbocycles. The fourth-order valence-corrected chi connectivity index (χ4v) is 4.13. The monoisotopic (exact) mass is 337 g/mol. The molecule has 0 aliphatic carbocycles. The standard InChI is InChI=1S/C17H19N7O/c1-2-17(3-10-25-11-4-17)24(8-1)15-16-22-21-14(23(16)9-7-20-15)13-12-18-5-6-19-13/h5-7,9,12H,1-4,8,10-11H2. The van der Waals surface area contributed by atoms with Gasteiger partial charge >= 0.3 is 0 Å². The van der Waals surface area contributed by atoms with Crippen LogP contribution in [0.5, 0.6) is 0 Å². The van der Waals surface area contributed by atoms with Crippen molar-refractivity contribution >= 4 is 11.5 Å². The van der Waals surface area contributed by atoms with Crippen LogP contribution < -0.4 is 4.90 Å². The third-order valence-corrected chi connectivity index (χ3v) is 5.38. The highest BCUT2D eigenvalue weighted by atomic mass is 16.5. The zero-order valence-corrected chi connectivity index (χ0v) is 13.9. The van der Waals surface area contributed by atoms with Crippen LogP contribution in [0.4, 0.5) is 5.82 Å². The number of rotatable bonds is 2. The molecule has 0 N–H and O–H groups in total. The molecule has 0 atom stereocenters. The summed E-state index contributed by atoms with van der Waals surface area (Å²) in [4.78, 5) is 15.6. The van der Waals surface area contributed by atoms with Gasteiger partial charge in [0.1, 0.15) is 5.69 Å². The van der Waals surface area contributed by atoms with Crippen molar-refractivity contribution in [2.75, 3.05) is 24.7 Å². The first-order valence-corrected chi connectivity index (χ1v) is 8.69. The van der Waals surface area contributed by atoms with E-state index in [9.17, 15) is 0 Å². The van der Waals surface area contributed by atoms with Crippen LogP contribution in [0.3, 0.4) is 0 Å². The zero-order valence-electron chi connectivity index (χ0n) is 13.9. The van der Waals surface area contributed by atoms with E-state index in [0.29, 0.717) is 11.5 Å². The molecule has 0 radical (unpaired) electrons. The summed E-state index contributed by atoms with van der Waals surface area (Å²) in [6, 6.07) is 0. The summed E-state index contributed by atoms with van der Waals surface area (Å²) >= 11 is 0. The van der Waals surface area contributed by atoms with Crippen molar-refractivity contribution in [3.63, 3.8) is 0 Å². The van der Waals surface area contributed by atoms with E-state index in [1.54, 1.807) is 18.6 Å². The lowest BCUT2D eigenvalue weighted by molar-refractivity contribution is 0.0544. The smallest absolute Gasteiger partial charge is 0.204 e. The number of fused-ring (bicyclic) bond motifs is 1. The van der Waals surface area contributed by atoms with Gasteiger partial charge in [0.05, 0.1) is 6.20 Å². The van der Waals surface area contributed by atoms with Crippen LogP contribution in [0.2, 0.25) is 0 Å². The lowest BCUT2D eigenvalue weighted by Gasteiger charge is -2.42. The third-order valence-electron chi connectivity index (χ3n) is 5.38. The molecule has 0 bridgehead atoms. The van der Waals surface area contributed by atoms with Crippen LogP contribution in [0, 0.1) is 0 Å². The number of anilines is 1. The minimum atomic E-state index is 0.145. The molecule has 25 heavy (non-hydrogen) atoms. The van der Waals surface area contributed by atoms with Crippen molar-refractivity contribution in [1.82, 2.24) is 29.5 Å². The van der Waals surface area contributed by atoms with E-state index in [0.717, 1.165) is 44.1 Å². The van der Waals surface area contributed by atoms with Crippen molar-refractivity contribution in [1.29, 1.82) is 0 Å². The maximum atomic E-state index is 5.59. The average Bonchev–Trinajstić information content (AvgIpc) is 3.27. The first kappa shape index (κ1) is 14.7. The van der Waals surface area contributed by atoms with Gasteiger partial charge in [0.25, 0.3) is 0 Å². The highest BCUT2D eigenvalue weighted by molar-refractivity contribution is 5.68. The van der Waals surface area contributed by atoms with Crippen LogP contribution in [0.25, 0.3) is 17.2 Å². The Labute approximate surface area is 144 Å². The molecule has 2 aliphatic rings. The summed E-state index contributed by atoms with van der Waals surface area (Å²) in [5.74, 6) is 1.59. The van der Waals surface area contributed by atoms with Gasteiger partial charge in [0.2, 0.25) is 5.65 Å². The van der Waals surface area contributed by atoms with Gasteiger partial charge in [-0.25, -0.2) is 9.97 Å². The molecule has 5 heterocycles. The number of hydrogen-bond acceptors (Lipinski definition) is 7. The summed E-state index contributed by atoms with van der Waals surface area (Å²) in [6.45, 7) is 2.63. The first-order chi connectivity index (χ1) is 12.4. The molecular formula is C17H19N7O. The average molecular weight is 337 g/mol. The Balaban J connectivity index is 1.62. The Morgan fingerprint density at radius 3 is 2.76 bits per heavy atom. The third kappa shape index (κ3) is 2.28. The van der Waals surface area contributed by atoms with Crippen molar-refractivity contribution in [3.8, 4) is 11.5 Å². The normalized spacial score (nSPS) is 19.8. The highest BCUT2D eigenvalue weighted by Crippen LogP contribution is 2.41. The topological polar surface area (TPSA) is 81.3 Å². The molecule has 0 amide bonds. The molecule has 2 saturated heterocycles. The first-order valence-electron chi connectivity index (χ1n) is 8.69. The van der Waals surface area contributed by atoms with Gasteiger partial charge in [0.15, 0.2) is 11.6 Å². The van der Waals surface area contributed by atoms with E-state index >= 15 is 0 Å². The quantitative estimate of drug-likeness (QED) is 0.704. The van der Waals surface area contributed by atoms with Crippen LogP contribution >= 0.6 is 0 Å². The fourth-order valence-electron chi connectivity index (χ4n) is 4.13. The Morgan fingerprint density at radius 1 is 1.00 bits per heavy atom. The van der Waals surface area contributed by atoms with Gasteiger partial charge in [-0.3, -0.25) is 9.38 Å². The van der Waals surface area contributed by atoms with Crippen LogP contribution in [0.1, 0.15) is 25.7 Å². The van der Waals surface area contributed by atoms with Crippen molar-refractivity contribution < 1.29 is 4.74 Å². The van der Waals surface area contributed by atoms with Crippen LogP contribution in [-0.2, 0) is 4.74 Å². The lowest BCUT2D eigenvalue weighted by atomic mass is 9.87. The molecule has 3 aromatic rings. The number of ether oxygens (including phenoxy) is 1.